The van der Waals surface area contributed by atoms with Crippen LogP contribution in [0.25, 0.3) is 0 Å². The van der Waals surface area contributed by atoms with Gasteiger partial charge < -0.3 is 14.8 Å². The molecule has 0 aliphatic carbocycles. The van der Waals surface area contributed by atoms with Gasteiger partial charge in [-0.1, -0.05) is 6.07 Å². The highest BCUT2D eigenvalue weighted by atomic mass is 32.2. The van der Waals surface area contributed by atoms with E-state index in [1.807, 2.05) is 0 Å². The molecule has 1 aromatic rings. The van der Waals surface area contributed by atoms with Crippen LogP contribution in [0.1, 0.15) is 19.8 Å². The second kappa shape index (κ2) is 7.85. The number of carbonyl (C=O) groups is 1. The summed E-state index contributed by atoms with van der Waals surface area (Å²) in [6.45, 7) is 2.65. The Hall–Kier alpha value is -1.80. The molecule has 0 radical (unpaired) electrons. The quantitative estimate of drug-likeness (QED) is 0.792. The van der Waals surface area contributed by atoms with Gasteiger partial charge in [-0.25, -0.2) is 8.42 Å². The van der Waals surface area contributed by atoms with Gasteiger partial charge in [0.2, 0.25) is 15.9 Å². The molecule has 2 unspecified atom stereocenters. The summed E-state index contributed by atoms with van der Waals surface area (Å²) in [5, 5.41) is 2.77. The van der Waals surface area contributed by atoms with E-state index in [1.165, 1.54) is 7.11 Å². The standard InChI is InChI=1S/C16H24N2O5S/c1-12(16(19)17-11-15-8-5-9-23-15)18(24(3,20)21)13-6-4-7-14(10-13)22-2/h4,6-7,10,12,15H,5,8-9,11H2,1-3H3,(H,17,19). The second-order valence-electron chi connectivity index (χ2n) is 5.82. The molecule has 7 nitrogen and oxygen atoms in total. The lowest BCUT2D eigenvalue weighted by Gasteiger charge is -2.28. The summed E-state index contributed by atoms with van der Waals surface area (Å²) in [6.07, 6.45) is 2.97. The number of hydrogen-bond acceptors (Lipinski definition) is 5. The van der Waals surface area contributed by atoms with E-state index in [9.17, 15) is 13.2 Å². The summed E-state index contributed by atoms with van der Waals surface area (Å²) in [4.78, 5) is 12.4. The maximum atomic E-state index is 12.4. The summed E-state index contributed by atoms with van der Waals surface area (Å²) in [5.74, 6) is 0.159. The van der Waals surface area contributed by atoms with Crippen LogP contribution in [-0.2, 0) is 19.6 Å². The first-order valence-corrected chi connectivity index (χ1v) is 9.70. The van der Waals surface area contributed by atoms with E-state index in [4.69, 9.17) is 9.47 Å². The molecular weight excluding hydrogens is 332 g/mol. The average Bonchev–Trinajstić information content (AvgIpc) is 3.05. The zero-order chi connectivity index (χ0) is 17.7. The van der Waals surface area contributed by atoms with Crippen LogP contribution in [0.4, 0.5) is 5.69 Å². The zero-order valence-corrected chi connectivity index (χ0v) is 15.0. The number of methoxy groups -OCH3 is 1. The van der Waals surface area contributed by atoms with Gasteiger partial charge in [0.05, 0.1) is 25.2 Å². The molecule has 1 fully saturated rings. The lowest BCUT2D eigenvalue weighted by Crippen LogP contribution is -2.49. The van der Waals surface area contributed by atoms with Crippen molar-refractivity contribution in [3.63, 3.8) is 0 Å². The van der Waals surface area contributed by atoms with E-state index in [0.29, 0.717) is 24.6 Å². The number of rotatable bonds is 7. The van der Waals surface area contributed by atoms with Gasteiger partial charge in [-0.3, -0.25) is 9.10 Å². The summed E-state index contributed by atoms with van der Waals surface area (Å²) < 4.78 is 36.1. The molecule has 0 spiro atoms. The molecule has 1 N–H and O–H groups in total. The van der Waals surface area contributed by atoms with Gasteiger partial charge in [-0.05, 0) is 31.9 Å². The monoisotopic (exact) mass is 356 g/mol. The van der Waals surface area contributed by atoms with Crippen molar-refractivity contribution < 1.29 is 22.7 Å². The fraction of sp³-hybridized carbons (Fsp3) is 0.562. The van der Waals surface area contributed by atoms with E-state index >= 15 is 0 Å². The molecule has 8 heteroatoms. The van der Waals surface area contributed by atoms with Crippen LogP contribution in [0.15, 0.2) is 24.3 Å². The minimum absolute atomic E-state index is 0.00431. The summed E-state index contributed by atoms with van der Waals surface area (Å²) in [6, 6.07) is 5.74. The van der Waals surface area contributed by atoms with Crippen LogP contribution < -0.4 is 14.4 Å². The van der Waals surface area contributed by atoms with Gasteiger partial charge in [-0.2, -0.15) is 0 Å². The predicted octanol–water partition coefficient (Wildman–Crippen LogP) is 1.14. The SMILES string of the molecule is COc1cccc(N(C(C)C(=O)NCC2CCCO2)S(C)(=O)=O)c1. The molecule has 2 atom stereocenters. The minimum Gasteiger partial charge on any atom is -0.497 e. The first-order chi connectivity index (χ1) is 11.3. The molecule has 0 saturated carbocycles. The maximum absolute atomic E-state index is 12.4. The molecule has 1 aliphatic rings. The number of carbonyl (C=O) groups excluding carboxylic acids is 1. The highest BCUT2D eigenvalue weighted by Crippen LogP contribution is 2.25. The molecule has 1 amide bonds. The fourth-order valence-electron chi connectivity index (χ4n) is 2.72. The molecule has 2 rings (SSSR count). The highest BCUT2D eigenvalue weighted by molar-refractivity contribution is 7.92. The van der Waals surface area contributed by atoms with Crippen molar-refractivity contribution in [3.05, 3.63) is 24.3 Å². The smallest absolute Gasteiger partial charge is 0.243 e. The van der Waals surface area contributed by atoms with Crippen molar-refractivity contribution in [1.29, 1.82) is 0 Å². The fourth-order valence-corrected chi connectivity index (χ4v) is 3.89. The normalized spacial score (nSPS) is 18.9. The topological polar surface area (TPSA) is 84.9 Å². The Morgan fingerprint density at radius 1 is 1.50 bits per heavy atom. The largest absolute Gasteiger partial charge is 0.497 e. The van der Waals surface area contributed by atoms with Crippen molar-refractivity contribution in [2.24, 2.45) is 0 Å². The third-order valence-corrected chi connectivity index (χ3v) is 5.17. The number of sulfonamides is 1. The molecule has 1 aromatic carbocycles. The Kier molecular flexibility index (Phi) is 6.06. The second-order valence-corrected chi connectivity index (χ2v) is 7.68. The van der Waals surface area contributed by atoms with E-state index in [-0.39, 0.29) is 12.0 Å². The molecule has 1 heterocycles. The predicted molar refractivity (Wildman–Crippen MR) is 91.8 cm³/mol. The van der Waals surface area contributed by atoms with Crippen LogP contribution in [0.2, 0.25) is 0 Å². The van der Waals surface area contributed by atoms with Crippen LogP contribution in [-0.4, -0.2) is 53.0 Å². The molecule has 1 aliphatic heterocycles. The van der Waals surface area contributed by atoms with Gasteiger partial charge in [0, 0.05) is 19.2 Å². The van der Waals surface area contributed by atoms with Crippen LogP contribution >= 0.6 is 0 Å². The lowest BCUT2D eigenvalue weighted by atomic mass is 10.2. The number of ether oxygens (including phenoxy) is 2. The van der Waals surface area contributed by atoms with Gasteiger partial charge >= 0.3 is 0 Å². The summed E-state index contributed by atoms with van der Waals surface area (Å²) in [5.41, 5.74) is 0.386. The van der Waals surface area contributed by atoms with Gasteiger partial charge in [-0.15, -0.1) is 0 Å². The molecule has 24 heavy (non-hydrogen) atoms. The Morgan fingerprint density at radius 3 is 2.83 bits per heavy atom. The number of hydrogen-bond donors (Lipinski definition) is 1. The Morgan fingerprint density at radius 2 is 2.25 bits per heavy atom. The number of benzene rings is 1. The summed E-state index contributed by atoms with van der Waals surface area (Å²) >= 11 is 0. The molecule has 134 valence electrons. The van der Waals surface area contributed by atoms with Crippen LogP contribution in [0.3, 0.4) is 0 Å². The number of anilines is 1. The Labute approximate surface area is 143 Å². The van der Waals surface area contributed by atoms with Crippen LogP contribution in [0.5, 0.6) is 5.75 Å². The number of nitrogens with one attached hydrogen (secondary N) is 1. The van der Waals surface area contributed by atoms with Crippen molar-refractivity contribution in [2.45, 2.75) is 31.9 Å². The van der Waals surface area contributed by atoms with Gasteiger partial charge in [0.1, 0.15) is 11.8 Å². The van der Waals surface area contributed by atoms with E-state index in [1.54, 1.807) is 31.2 Å². The Bertz CT molecular complexity index is 671. The van der Waals surface area contributed by atoms with E-state index in [0.717, 1.165) is 23.4 Å². The van der Waals surface area contributed by atoms with E-state index < -0.39 is 16.1 Å². The lowest BCUT2D eigenvalue weighted by molar-refractivity contribution is -0.122. The van der Waals surface area contributed by atoms with Crippen molar-refractivity contribution in [2.75, 3.05) is 30.8 Å². The zero-order valence-electron chi connectivity index (χ0n) is 14.2. The van der Waals surface area contributed by atoms with Gasteiger partial charge in [0.15, 0.2) is 0 Å². The Balaban J connectivity index is 2.15. The first kappa shape index (κ1) is 18.5. The minimum atomic E-state index is -3.64. The summed E-state index contributed by atoms with van der Waals surface area (Å²) in [7, 11) is -2.14. The molecule has 0 bridgehead atoms. The molecule has 1 saturated heterocycles. The average molecular weight is 356 g/mol. The third-order valence-electron chi connectivity index (χ3n) is 3.92. The molecular formula is C16H24N2O5S. The first-order valence-electron chi connectivity index (χ1n) is 7.85. The van der Waals surface area contributed by atoms with Crippen molar-refractivity contribution >= 4 is 21.6 Å². The van der Waals surface area contributed by atoms with Crippen LogP contribution in [0, 0.1) is 0 Å². The van der Waals surface area contributed by atoms with E-state index in [2.05, 4.69) is 5.32 Å². The van der Waals surface area contributed by atoms with Crippen molar-refractivity contribution in [1.82, 2.24) is 5.32 Å². The number of amides is 1. The third kappa shape index (κ3) is 4.61. The highest BCUT2D eigenvalue weighted by Gasteiger charge is 2.30. The van der Waals surface area contributed by atoms with Crippen molar-refractivity contribution in [3.8, 4) is 5.75 Å². The molecule has 0 aromatic heterocycles. The van der Waals surface area contributed by atoms with Gasteiger partial charge in [0.25, 0.3) is 0 Å². The number of nitrogens with zero attached hydrogens (tertiary/aromatic N) is 1. The maximum Gasteiger partial charge on any atom is 0.243 e.